The van der Waals surface area contributed by atoms with Crippen LogP contribution in [0.2, 0.25) is 0 Å². The lowest BCUT2D eigenvalue weighted by Crippen LogP contribution is -2.32. The number of aromatic nitrogens is 5. The molecule has 0 amide bonds. The Morgan fingerprint density at radius 3 is 2.57 bits per heavy atom. The van der Waals surface area contributed by atoms with Crippen LogP contribution in [0.1, 0.15) is 31.2 Å². The summed E-state index contributed by atoms with van der Waals surface area (Å²) in [5, 5.41) is 8.99. The molecule has 1 aromatic carbocycles. The van der Waals surface area contributed by atoms with Crippen molar-refractivity contribution in [2.24, 2.45) is 0 Å². The quantitative estimate of drug-likeness (QED) is 0.594. The third-order valence-corrected chi connectivity index (χ3v) is 5.83. The van der Waals surface area contributed by atoms with E-state index >= 15 is 0 Å². The Morgan fingerprint density at radius 1 is 1.04 bits per heavy atom. The first-order chi connectivity index (χ1) is 13.7. The van der Waals surface area contributed by atoms with E-state index in [2.05, 4.69) is 56.3 Å². The van der Waals surface area contributed by atoms with E-state index in [-0.39, 0.29) is 5.95 Å². The molecule has 1 fully saturated rings. The van der Waals surface area contributed by atoms with Gasteiger partial charge in [-0.15, -0.1) is 10.2 Å². The van der Waals surface area contributed by atoms with Gasteiger partial charge >= 0.3 is 0 Å². The topological polar surface area (TPSA) is 85.2 Å². The standard InChI is InChI=1S/C21H23N7/c1-2-27-11-9-15(10-12-27)14-3-5-16(6-4-14)19-17-7-8-18-26-23-13-28(18)20(17)25-21(22)24-19/h3-8,13,15H,2,9-12H2,1H3,(H2,22,24,25). The molecule has 0 spiro atoms. The van der Waals surface area contributed by atoms with Crippen molar-refractivity contribution in [1.29, 1.82) is 0 Å². The summed E-state index contributed by atoms with van der Waals surface area (Å²) < 4.78 is 1.84. The Balaban J connectivity index is 1.52. The zero-order valence-electron chi connectivity index (χ0n) is 15.9. The number of nitrogen functional groups attached to an aromatic ring is 1. The Morgan fingerprint density at radius 2 is 1.82 bits per heavy atom. The molecular formula is C21H23N7. The molecule has 0 radical (unpaired) electrons. The fourth-order valence-electron chi connectivity index (χ4n) is 4.21. The highest BCUT2D eigenvalue weighted by Crippen LogP contribution is 2.31. The lowest BCUT2D eigenvalue weighted by molar-refractivity contribution is 0.222. The maximum atomic E-state index is 6.01. The SMILES string of the molecule is CCN1CCC(c2ccc(-c3nc(N)nc4c3ccc3nncn34)cc2)CC1. The van der Waals surface area contributed by atoms with Crippen LogP contribution >= 0.6 is 0 Å². The highest BCUT2D eigenvalue weighted by molar-refractivity contribution is 5.92. The zero-order chi connectivity index (χ0) is 19.1. The minimum absolute atomic E-state index is 0.250. The number of hydrogen-bond acceptors (Lipinski definition) is 6. The zero-order valence-corrected chi connectivity index (χ0v) is 15.9. The van der Waals surface area contributed by atoms with E-state index in [0.29, 0.717) is 5.92 Å². The minimum atomic E-state index is 0.250. The number of rotatable bonds is 3. The highest BCUT2D eigenvalue weighted by atomic mass is 15.2. The van der Waals surface area contributed by atoms with E-state index in [9.17, 15) is 0 Å². The van der Waals surface area contributed by atoms with Crippen LogP contribution in [0, 0.1) is 0 Å². The summed E-state index contributed by atoms with van der Waals surface area (Å²) in [6.45, 7) is 5.75. The van der Waals surface area contributed by atoms with Gasteiger partial charge < -0.3 is 10.6 Å². The van der Waals surface area contributed by atoms with Crippen LogP contribution in [0.4, 0.5) is 5.95 Å². The van der Waals surface area contributed by atoms with E-state index < -0.39 is 0 Å². The van der Waals surface area contributed by atoms with Crippen LogP contribution < -0.4 is 5.73 Å². The van der Waals surface area contributed by atoms with E-state index in [1.165, 1.54) is 31.5 Å². The molecule has 2 N–H and O–H groups in total. The number of anilines is 1. The Hall–Kier alpha value is -3.06. The second-order valence-corrected chi connectivity index (χ2v) is 7.39. The van der Waals surface area contributed by atoms with Crippen molar-refractivity contribution in [1.82, 2.24) is 29.5 Å². The molecule has 0 atom stereocenters. The molecule has 7 nitrogen and oxygen atoms in total. The molecule has 7 heteroatoms. The summed E-state index contributed by atoms with van der Waals surface area (Å²) >= 11 is 0. The van der Waals surface area contributed by atoms with Crippen molar-refractivity contribution in [3.63, 3.8) is 0 Å². The van der Waals surface area contributed by atoms with Crippen LogP contribution in [0.3, 0.4) is 0 Å². The molecule has 0 aliphatic carbocycles. The smallest absolute Gasteiger partial charge is 0.222 e. The largest absolute Gasteiger partial charge is 0.368 e. The van der Waals surface area contributed by atoms with Gasteiger partial charge in [0.1, 0.15) is 6.33 Å². The predicted molar refractivity (Wildman–Crippen MR) is 110 cm³/mol. The number of hydrogen-bond donors (Lipinski definition) is 1. The molecule has 4 aromatic rings. The van der Waals surface area contributed by atoms with Crippen molar-refractivity contribution in [2.45, 2.75) is 25.7 Å². The third-order valence-electron chi connectivity index (χ3n) is 5.83. The molecule has 0 saturated carbocycles. The highest BCUT2D eigenvalue weighted by Gasteiger charge is 2.20. The molecule has 0 unspecified atom stereocenters. The first kappa shape index (κ1) is 17.1. The van der Waals surface area contributed by atoms with Crippen molar-refractivity contribution < 1.29 is 0 Å². The molecule has 5 rings (SSSR count). The lowest BCUT2D eigenvalue weighted by atomic mass is 9.88. The van der Waals surface area contributed by atoms with Crippen molar-refractivity contribution in [3.05, 3.63) is 48.3 Å². The Kier molecular flexibility index (Phi) is 4.16. The van der Waals surface area contributed by atoms with Gasteiger partial charge in [-0.2, -0.15) is 4.98 Å². The molecule has 1 aliphatic rings. The summed E-state index contributed by atoms with van der Waals surface area (Å²) in [4.78, 5) is 11.5. The average Bonchev–Trinajstić information content (AvgIpc) is 3.23. The summed E-state index contributed by atoms with van der Waals surface area (Å²) in [6.07, 6.45) is 4.10. The molecule has 1 aliphatic heterocycles. The van der Waals surface area contributed by atoms with Gasteiger partial charge in [-0.1, -0.05) is 31.2 Å². The minimum Gasteiger partial charge on any atom is -0.368 e. The number of nitrogens with two attached hydrogens (primary N) is 1. The molecule has 0 bridgehead atoms. The van der Waals surface area contributed by atoms with Crippen LogP contribution in [-0.2, 0) is 0 Å². The third kappa shape index (κ3) is 2.88. The normalized spacial score (nSPS) is 16.2. The predicted octanol–water partition coefficient (Wildman–Crippen LogP) is 3.12. The van der Waals surface area contributed by atoms with E-state index in [4.69, 9.17) is 5.73 Å². The number of piperidine rings is 1. The van der Waals surface area contributed by atoms with Gasteiger partial charge in [-0.25, -0.2) is 4.98 Å². The maximum absolute atomic E-state index is 6.01. The van der Waals surface area contributed by atoms with E-state index in [0.717, 1.165) is 34.5 Å². The number of fused-ring (bicyclic) bond motifs is 3. The first-order valence-electron chi connectivity index (χ1n) is 9.81. The molecule has 4 heterocycles. The molecule has 28 heavy (non-hydrogen) atoms. The molecule has 3 aromatic heterocycles. The molecule has 1 saturated heterocycles. The van der Waals surface area contributed by atoms with Gasteiger partial charge in [0.05, 0.1) is 5.69 Å². The lowest BCUT2D eigenvalue weighted by Gasteiger charge is -2.31. The fraction of sp³-hybridized carbons (Fsp3) is 0.333. The van der Waals surface area contributed by atoms with Gasteiger partial charge in [0.15, 0.2) is 11.3 Å². The van der Waals surface area contributed by atoms with Gasteiger partial charge in [0.2, 0.25) is 5.95 Å². The van der Waals surface area contributed by atoms with Crippen molar-refractivity contribution >= 4 is 22.6 Å². The van der Waals surface area contributed by atoms with Crippen LogP contribution in [-0.4, -0.2) is 49.1 Å². The van der Waals surface area contributed by atoms with Gasteiger partial charge in [-0.05, 0) is 56.1 Å². The summed E-state index contributed by atoms with van der Waals surface area (Å²) in [5.41, 5.74) is 10.8. The second-order valence-electron chi connectivity index (χ2n) is 7.39. The summed E-state index contributed by atoms with van der Waals surface area (Å²) in [5.74, 6) is 0.889. The average molecular weight is 373 g/mol. The number of benzene rings is 1. The molecular weight excluding hydrogens is 350 g/mol. The van der Waals surface area contributed by atoms with E-state index in [1.807, 2.05) is 16.5 Å². The Bertz CT molecular complexity index is 1120. The van der Waals surface area contributed by atoms with Crippen molar-refractivity contribution in [3.8, 4) is 11.3 Å². The van der Waals surface area contributed by atoms with Gasteiger partial charge in [0, 0.05) is 10.9 Å². The van der Waals surface area contributed by atoms with Crippen molar-refractivity contribution in [2.75, 3.05) is 25.4 Å². The van der Waals surface area contributed by atoms with Crippen LogP contribution in [0.15, 0.2) is 42.7 Å². The number of pyridine rings is 1. The first-order valence-corrected chi connectivity index (χ1v) is 9.81. The Labute approximate surface area is 163 Å². The van der Waals surface area contributed by atoms with Gasteiger partial charge in [-0.3, -0.25) is 4.40 Å². The number of nitrogens with zero attached hydrogens (tertiary/aromatic N) is 6. The fourth-order valence-corrected chi connectivity index (χ4v) is 4.21. The molecule has 142 valence electrons. The van der Waals surface area contributed by atoms with Crippen LogP contribution in [0.5, 0.6) is 0 Å². The second kappa shape index (κ2) is 6.83. The summed E-state index contributed by atoms with van der Waals surface area (Å²) in [6, 6.07) is 12.7. The van der Waals surface area contributed by atoms with Gasteiger partial charge in [0.25, 0.3) is 0 Å². The summed E-state index contributed by atoms with van der Waals surface area (Å²) in [7, 11) is 0. The maximum Gasteiger partial charge on any atom is 0.222 e. The van der Waals surface area contributed by atoms with Crippen LogP contribution in [0.25, 0.3) is 27.9 Å². The number of likely N-dealkylation sites (tertiary alicyclic amines) is 1. The monoisotopic (exact) mass is 373 g/mol. The van der Waals surface area contributed by atoms with E-state index in [1.54, 1.807) is 6.33 Å².